The SMILES string of the molecule is C=CCc1cccn(-c2ccc([N+](=O)[O-])cc2Cl)c1=O. The van der Waals surface area contributed by atoms with Crippen LogP contribution in [0.15, 0.2) is 54.0 Å². The molecule has 1 aromatic carbocycles. The molecule has 0 amide bonds. The number of nitro groups is 1. The minimum Gasteiger partial charge on any atom is -0.283 e. The van der Waals surface area contributed by atoms with Crippen molar-refractivity contribution in [1.82, 2.24) is 4.57 Å². The predicted octanol–water partition coefficient (Wildman–Crippen LogP) is 3.13. The standard InChI is InChI=1S/C14H11ClN2O3/c1-2-4-10-5-3-8-16(14(10)18)13-7-6-11(17(19)20)9-12(13)15/h2-3,5-9H,1,4H2. The highest BCUT2D eigenvalue weighted by molar-refractivity contribution is 6.32. The van der Waals surface area contributed by atoms with Crippen molar-refractivity contribution < 1.29 is 4.92 Å². The van der Waals surface area contributed by atoms with Gasteiger partial charge >= 0.3 is 0 Å². The highest BCUT2D eigenvalue weighted by Crippen LogP contribution is 2.24. The molecule has 0 spiro atoms. The van der Waals surface area contributed by atoms with Gasteiger partial charge < -0.3 is 0 Å². The molecule has 0 aliphatic heterocycles. The number of hydrogen-bond acceptors (Lipinski definition) is 3. The number of allylic oxidation sites excluding steroid dienone is 1. The summed E-state index contributed by atoms with van der Waals surface area (Å²) in [7, 11) is 0. The maximum absolute atomic E-state index is 12.3. The van der Waals surface area contributed by atoms with E-state index in [9.17, 15) is 14.9 Å². The Morgan fingerprint density at radius 3 is 2.75 bits per heavy atom. The number of aromatic nitrogens is 1. The lowest BCUT2D eigenvalue weighted by atomic mass is 10.2. The normalized spacial score (nSPS) is 10.2. The quantitative estimate of drug-likeness (QED) is 0.493. The smallest absolute Gasteiger partial charge is 0.271 e. The van der Waals surface area contributed by atoms with Crippen LogP contribution >= 0.6 is 11.6 Å². The number of rotatable bonds is 4. The first-order chi connectivity index (χ1) is 9.54. The van der Waals surface area contributed by atoms with Crippen molar-refractivity contribution >= 4 is 17.3 Å². The lowest BCUT2D eigenvalue weighted by Crippen LogP contribution is -2.21. The largest absolute Gasteiger partial charge is 0.283 e. The summed E-state index contributed by atoms with van der Waals surface area (Å²) in [5.74, 6) is 0. The zero-order valence-electron chi connectivity index (χ0n) is 10.5. The van der Waals surface area contributed by atoms with Gasteiger partial charge in [-0.25, -0.2) is 0 Å². The van der Waals surface area contributed by atoms with Crippen molar-refractivity contribution in [2.75, 3.05) is 0 Å². The summed E-state index contributed by atoms with van der Waals surface area (Å²) in [4.78, 5) is 22.4. The third kappa shape index (κ3) is 2.62. The van der Waals surface area contributed by atoms with Crippen LogP contribution in [0.5, 0.6) is 0 Å². The van der Waals surface area contributed by atoms with Crippen molar-refractivity contribution in [1.29, 1.82) is 0 Å². The lowest BCUT2D eigenvalue weighted by Gasteiger charge is -2.09. The fourth-order valence-corrected chi connectivity index (χ4v) is 2.11. The van der Waals surface area contributed by atoms with E-state index in [-0.39, 0.29) is 16.3 Å². The van der Waals surface area contributed by atoms with Crippen LogP contribution in [-0.4, -0.2) is 9.49 Å². The van der Waals surface area contributed by atoms with Crippen LogP contribution in [0.3, 0.4) is 0 Å². The van der Waals surface area contributed by atoms with E-state index in [1.807, 2.05) is 0 Å². The molecule has 0 saturated carbocycles. The minimum absolute atomic E-state index is 0.117. The van der Waals surface area contributed by atoms with Gasteiger partial charge in [-0.2, -0.15) is 0 Å². The van der Waals surface area contributed by atoms with E-state index < -0.39 is 4.92 Å². The Kier molecular flexibility index (Phi) is 4.00. The Labute approximate surface area is 119 Å². The van der Waals surface area contributed by atoms with E-state index >= 15 is 0 Å². The van der Waals surface area contributed by atoms with Gasteiger partial charge in [0.05, 0.1) is 15.6 Å². The van der Waals surface area contributed by atoms with Crippen LogP contribution < -0.4 is 5.56 Å². The molecule has 1 heterocycles. The molecular weight excluding hydrogens is 280 g/mol. The zero-order valence-corrected chi connectivity index (χ0v) is 11.2. The van der Waals surface area contributed by atoms with Gasteiger partial charge in [0.25, 0.3) is 11.2 Å². The molecule has 0 N–H and O–H groups in total. The summed E-state index contributed by atoms with van der Waals surface area (Å²) >= 11 is 6.03. The van der Waals surface area contributed by atoms with Crippen molar-refractivity contribution in [3.63, 3.8) is 0 Å². The molecule has 0 bridgehead atoms. The van der Waals surface area contributed by atoms with Gasteiger partial charge in [-0.3, -0.25) is 19.5 Å². The number of benzene rings is 1. The van der Waals surface area contributed by atoms with E-state index in [0.29, 0.717) is 17.7 Å². The molecule has 0 atom stereocenters. The average Bonchev–Trinajstić information content (AvgIpc) is 2.42. The van der Waals surface area contributed by atoms with E-state index in [2.05, 4.69) is 6.58 Å². The molecule has 5 nitrogen and oxygen atoms in total. The third-order valence-corrected chi connectivity index (χ3v) is 3.09. The Morgan fingerprint density at radius 2 is 2.15 bits per heavy atom. The van der Waals surface area contributed by atoms with Gasteiger partial charge in [-0.15, -0.1) is 6.58 Å². The van der Waals surface area contributed by atoms with Crippen LogP contribution in [0, 0.1) is 10.1 Å². The van der Waals surface area contributed by atoms with E-state index in [4.69, 9.17) is 11.6 Å². The predicted molar refractivity (Wildman–Crippen MR) is 77.6 cm³/mol. The summed E-state index contributed by atoms with van der Waals surface area (Å²) in [6.07, 6.45) is 3.66. The Morgan fingerprint density at radius 1 is 1.40 bits per heavy atom. The van der Waals surface area contributed by atoms with Crippen LogP contribution in [0.2, 0.25) is 5.02 Å². The van der Waals surface area contributed by atoms with E-state index in [0.717, 1.165) is 0 Å². The molecule has 6 heteroatoms. The number of non-ortho nitro benzene ring substituents is 1. The number of nitro benzene ring substituents is 1. The van der Waals surface area contributed by atoms with Gasteiger partial charge in [0.2, 0.25) is 0 Å². The molecule has 20 heavy (non-hydrogen) atoms. The first-order valence-corrected chi connectivity index (χ1v) is 6.18. The molecule has 0 unspecified atom stereocenters. The fraction of sp³-hybridized carbons (Fsp3) is 0.0714. The summed E-state index contributed by atoms with van der Waals surface area (Å²) < 4.78 is 1.37. The second-order valence-electron chi connectivity index (χ2n) is 4.09. The molecule has 2 aromatic rings. The van der Waals surface area contributed by atoms with Gasteiger partial charge in [0.15, 0.2) is 0 Å². The van der Waals surface area contributed by atoms with E-state index in [1.165, 1.54) is 22.8 Å². The number of hydrogen-bond donors (Lipinski definition) is 0. The summed E-state index contributed by atoms with van der Waals surface area (Å²) in [6, 6.07) is 7.43. The van der Waals surface area contributed by atoms with Crippen molar-refractivity contribution in [2.24, 2.45) is 0 Å². The minimum atomic E-state index is -0.535. The van der Waals surface area contributed by atoms with Crippen LogP contribution in [0.4, 0.5) is 5.69 Å². The summed E-state index contributed by atoms with van der Waals surface area (Å²) in [5.41, 5.74) is 0.655. The molecule has 0 aliphatic carbocycles. The highest BCUT2D eigenvalue weighted by Gasteiger charge is 2.12. The van der Waals surface area contributed by atoms with Gasteiger partial charge in [0.1, 0.15) is 0 Å². The Hall–Kier alpha value is -2.40. The molecule has 0 saturated heterocycles. The average molecular weight is 291 g/mol. The van der Waals surface area contributed by atoms with E-state index in [1.54, 1.807) is 24.4 Å². The highest BCUT2D eigenvalue weighted by atomic mass is 35.5. The molecule has 0 radical (unpaired) electrons. The van der Waals surface area contributed by atoms with Crippen molar-refractivity contribution in [3.8, 4) is 5.69 Å². The molecule has 0 fully saturated rings. The molecule has 1 aromatic heterocycles. The summed E-state index contributed by atoms with van der Waals surface area (Å²) in [6.45, 7) is 3.60. The van der Waals surface area contributed by atoms with Crippen LogP contribution in [0.1, 0.15) is 5.56 Å². The third-order valence-electron chi connectivity index (χ3n) is 2.79. The van der Waals surface area contributed by atoms with Crippen molar-refractivity contribution in [2.45, 2.75) is 6.42 Å². The van der Waals surface area contributed by atoms with Gasteiger partial charge in [0, 0.05) is 23.9 Å². The molecule has 0 aliphatic rings. The van der Waals surface area contributed by atoms with Crippen molar-refractivity contribution in [3.05, 3.63) is 80.2 Å². The Balaban J connectivity index is 2.57. The molecule has 2 rings (SSSR count). The maximum Gasteiger partial charge on any atom is 0.271 e. The Bertz CT molecular complexity index is 737. The second kappa shape index (κ2) is 5.71. The second-order valence-corrected chi connectivity index (χ2v) is 4.50. The van der Waals surface area contributed by atoms with Crippen LogP contribution in [-0.2, 0) is 6.42 Å². The molecule has 102 valence electrons. The number of nitrogens with zero attached hydrogens (tertiary/aromatic N) is 2. The van der Waals surface area contributed by atoms with Gasteiger partial charge in [-0.1, -0.05) is 23.7 Å². The van der Waals surface area contributed by atoms with Crippen LogP contribution in [0.25, 0.3) is 5.69 Å². The monoisotopic (exact) mass is 290 g/mol. The summed E-state index contributed by atoms with van der Waals surface area (Å²) in [5, 5.41) is 10.8. The number of halogens is 1. The molecular formula is C14H11ClN2O3. The first kappa shape index (κ1) is 14.0. The first-order valence-electron chi connectivity index (χ1n) is 5.80. The van der Waals surface area contributed by atoms with Gasteiger partial charge in [-0.05, 0) is 18.6 Å². The fourth-order valence-electron chi connectivity index (χ4n) is 1.84. The maximum atomic E-state index is 12.3. The lowest BCUT2D eigenvalue weighted by molar-refractivity contribution is -0.384. The number of pyridine rings is 1. The zero-order chi connectivity index (χ0) is 14.7. The topological polar surface area (TPSA) is 65.1 Å².